The zero-order chi connectivity index (χ0) is 22.9. The molecule has 7 nitrogen and oxygen atoms in total. The van der Waals surface area contributed by atoms with E-state index in [-0.39, 0.29) is 11.8 Å². The zero-order valence-corrected chi connectivity index (χ0v) is 19.2. The largest absolute Gasteiger partial charge is 0.504 e. The Morgan fingerprint density at radius 2 is 1.81 bits per heavy atom. The Hall–Kier alpha value is -3.32. The summed E-state index contributed by atoms with van der Waals surface area (Å²) in [5.41, 5.74) is 2.63. The molecule has 0 fully saturated rings. The van der Waals surface area contributed by atoms with Crippen LogP contribution in [0.25, 0.3) is 11.3 Å². The van der Waals surface area contributed by atoms with Gasteiger partial charge in [0, 0.05) is 18.2 Å². The second kappa shape index (κ2) is 11.3. The predicted molar refractivity (Wildman–Crippen MR) is 127 cm³/mol. The number of likely N-dealkylation sites (N-methyl/N-ethyl adjacent to an activating group) is 1. The van der Waals surface area contributed by atoms with E-state index in [2.05, 4.69) is 53.1 Å². The maximum Gasteiger partial charge on any atom is 0.161 e. The number of hydrogen-bond acceptors (Lipinski definition) is 7. The normalized spacial score (nSPS) is 11.9. The fourth-order valence-electron chi connectivity index (χ4n) is 3.40. The van der Waals surface area contributed by atoms with Gasteiger partial charge in [-0.2, -0.15) is 0 Å². The van der Waals surface area contributed by atoms with Gasteiger partial charge in [0.05, 0.1) is 25.2 Å². The maximum absolute atomic E-state index is 9.81. The van der Waals surface area contributed by atoms with Crippen molar-refractivity contribution in [2.24, 2.45) is 0 Å². The summed E-state index contributed by atoms with van der Waals surface area (Å²) in [6.45, 7) is 10.1. The van der Waals surface area contributed by atoms with Crippen molar-refractivity contribution in [3.63, 3.8) is 0 Å². The van der Waals surface area contributed by atoms with E-state index in [4.69, 9.17) is 9.47 Å². The number of benzene rings is 2. The molecule has 0 spiro atoms. The molecule has 0 amide bonds. The molecule has 32 heavy (non-hydrogen) atoms. The molecular weight excluding hydrogens is 404 g/mol. The van der Waals surface area contributed by atoms with E-state index in [0.717, 1.165) is 36.5 Å². The van der Waals surface area contributed by atoms with E-state index in [0.29, 0.717) is 23.9 Å². The number of phenolic OH excluding ortho intramolecular Hbond substituents is 1. The summed E-state index contributed by atoms with van der Waals surface area (Å²) in [5.74, 6) is 2.03. The Bertz CT molecular complexity index is 991. The summed E-state index contributed by atoms with van der Waals surface area (Å²) in [7, 11) is 1.52. The lowest BCUT2D eigenvalue weighted by atomic mass is 10.1. The van der Waals surface area contributed by atoms with Gasteiger partial charge in [0.2, 0.25) is 0 Å². The molecular formula is C25H32N4O3. The molecule has 0 bridgehead atoms. The summed E-state index contributed by atoms with van der Waals surface area (Å²) < 4.78 is 11.1. The molecule has 0 saturated carbocycles. The van der Waals surface area contributed by atoms with Gasteiger partial charge >= 0.3 is 0 Å². The molecule has 3 aromatic rings. The number of rotatable bonds is 11. The summed E-state index contributed by atoms with van der Waals surface area (Å²) in [4.78, 5) is 11.3. The highest BCUT2D eigenvalue weighted by atomic mass is 16.5. The van der Waals surface area contributed by atoms with E-state index in [9.17, 15) is 5.11 Å². The summed E-state index contributed by atoms with van der Waals surface area (Å²) in [6.07, 6.45) is 3.38. The Balaban J connectivity index is 1.62. The van der Waals surface area contributed by atoms with Crippen molar-refractivity contribution in [3.05, 3.63) is 60.4 Å². The second-order valence-electron chi connectivity index (χ2n) is 7.49. The number of phenols is 1. The van der Waals surface area contributed by atoms with Crippen LogP contribution in [0.3, 0.4) is 0 Å². The molecule has 2 aromatic carbocycles. The predicted octanol–water partition coefficient (Wildman–Crippen LogP) is 4.75. The van der Waals surface area contributed by atoms with E-state index in [1.807, 2.05) is 12.1 Å². The highest BCUT2D eigenvalue weighted by Gasteiger charge is 2.10. The molecule has 170 valence electrons. The van der Waals surface area contributed by atoms with Crippen LogP contribution in [0, 0.1) is 0 Å². The van der Waals surface area contributed by atoms with Crippen LogP contribution in [-0.4, -0.2) is 53.3 Å². The van der Waals surface area contributed by atoms with Crippen LogP contribution in [-0.2, 0) is 0 Å². The first-order valence-electron chi connectivity index (χ1n) is 10.9. The minimum Gasteiger partial charge on any atom is -0.504 e. The van der Waals surface area contributed by atoms with Gasteiger partial charge in [0.1, 0.15) is 18.2 Å². The lowest BCUT2D eigenvalue weighted by Crippen LogP contribution is -2.27. The SMILES string of the molecule is CCN(CC)CCOc1ccc([C@H](C)Nc2cncc(-c3ccc(O)c(OC)c3)n2)cc1. The third-order valence-electron chi connectivity index (χ3n) is 5.43. The van der Waals surface area contributed by atoms with E-state index < -0.39 is 0 Å². The molecule has 0 aliphatic carbocycles. The fourth-order valence-corrected chi connectivity index (χ4v) is 3.40. The summed E-state index contributed by atoms with van der Waals surface area (Å²) in [5, 5.41) is 13.2. The van der Waals surface area contributed by atoms with Crippen LogP contribution in [0.5, 0.6) is 17.2 Å². The van der Waals surface area contributed by atoms with Crippen molar-refractivity contribution in [1.29, 1.82) is 0 Å². The molecule has 7 heteroatoms. The van der Waals surface area contributed by atoms with Gasteiger partial charge in [-0.05, 0) is 55.9 Å². The van der Waals surface area contributed by atoms with Gasteiger partial charge in [0.25, 0.3) is 0 Å². The summed E-state index contributed by atoms with van der Waals surface area (Å²) >= 11 is 0. The number of nitrogens with zero attached hydrogens (tertiary/aromatic N) is 3. The van der Waals surface area contributed by atoms with Crippen LogP contribution in [0.1, 0.15) is 32.4 Å². The van der Waals surface area contributed by atoms with Gasteiger partial charge < -0.3 is 24.8 Å². The minimum absolute atomic E-state index is 0.0404. The highest BCUT2D eigenvalue weighted by molar-refractivity contribution is 5.64. The van der Waals surface area contributed by atoms with Gasteiger partial charge in [-0.15, -0.1) is 0 Å². The molecule has 3 rings (SSSR count). The third kappa shape index (κ3) is 6.11. The molecule has 0 saturated heterocycles. The average Bonchev–Trinajstić information content (AvgIpc) is 2.82. The Labute approximate surface area is 190 Å². The van der Waals surface area contributed by atoms with Crippen molar-refractivity contribution in [2.75, 3.05) is 38.7 Å². The van der Waals surface area contributed by atoms with E-state index in [1.54, 1.807) is 30.6 Å². The lowest BCUT2D eigenvalue weighted by molar-refractivity contribution is 0.223. The first-order valence-corrected chi connectivity index (χ1v) is 10.9. The van der Waals surface area contributed by atoms with Crippen molar-refractivity contribution >= 4 is 5.82 Å². The van der Waals surface area contributed by atoms with E-state index >= 15 is 0 Å². The molecule has 0 unspecified atom stereocenters. The summed E-state index contributed by atoms with van der Waals surface area (Å²) in [6, 6.07) is 13.3. The number of aromatic hydroxyl groups is 1. The zero-order valence-electron chi connectivity index (χ0n) is 19.2. The first-order chi connectivity index (χ1) is 15.5. The van der Waals surface area contributed by atoms with Gasteiger partial charge in [0.15, 0.2) is 11.5 Å². The Morgan fingerprint density at radius 3 is 2.50 bits per heavy atom. The van der Waals surface area contributed by atoms with Crippen molar-refractivity contribution in [3.8, 4) is 28.5 Å². The molecule has 1 heterocycles. The van der Waals surface area contributed by atoms with Gasteiger partial charge in [-0.25, -0.2) is 4.98 Å². The number of methoxy groups -OCH3 is 1. The second-order valence-corrected chi connectivity index (χ2v) is 7.49. The number of anilines is 1. The Morgan fingerprint density at radius 1 is 1.06 bits per heavy atom. The standard InChI is InChI=1S/C25H32N4O3/c1-5-29(6-2)13-14-32-21-10-7-19(8-11-21)18(3)27-25-17-26-16-22(28-25)20-9-12-23(30)24(15-20)31-4/h7-12,15-18,30H,5-6,13-14H2,1-4H3,(H,27,28)/t18-/m0/s1. The van der Waals surface area contributed by atoms with Crippen LogP contribution in [0.4, 0.5) is 5.82 Å². The number of ether oxygens (including phenoxy) is 2. The molecule has 0 aliphatic rings. The van der Waals surface area contributed by atoms with Crippen LogP contribution >= 0.6 is 0 Å². The molecule has 1 atom stereocenters. The van der Waals surface area contributed by atoms with E-state index in [1.165, 1.54) is 7.11 Å². The lowest BCUT2D eigenvalue weighted by Gasteiger charge is -2.18. The average molecular weight is 437 g/mol. The molecule has 0 radical (unpaired) electrons. The quantitative estimate of drug-likeness (QED) is 0.449. The smallest absolute Gasteiger partial charge is 0.161 e. The third-order valence-corrected chi connectivity index (χ3v) is 5.43. The van der Waals surface area contributed by atoms with Gasteiger partial charge in [-0.3, -0.25) is 4.98 Å². The molecule has 1 aromatic heterocycles. The number of aromatic nitrogens is 2. The molecule has 2 N–H and O–H groups in total. The fraction of sp³-hybridized carbons (Fsp3) is 0.360. The van der Waals surface area contributed by atoms with Crippen molar-refractivity contribution in [1.82, 2.24) is 14.9 Å². The van der Waals surface area contributed by atoms with Gasteiger partial charge in [-0.1, -0.05) is 26.0 Å². The topological polar surface area (TPSA) is 79.7 Å². The van der Waals surface area contributed by atoms with Crippen molar-refractivity contribution in [2.45, 2.75) is 26.8 Å². The number of nitrogens with one attached hydrogen (secondary N) is 1. The van der Waals surface area contributed by atoms with Crippen molar-refractivity contribution < 1.29 is 14.6 Å². The van der Waals surface area contributed by atoms with Crippen LogP contribution in [0.15, 0.2) is 54.9 Å². The maximum atomic E-state index is 9.81. The highest BCUT2D eigenvalue weighted by Crippen LogP contribution is 2.31. The monoisotopic (exact) mass is 436 g/mol. The van der Waals surface area contributed by atoms with Crippen LogP contribution < -0.4 is 14.8 Å². The van der Waals surface area contributed by atoms with Crippen LogP contribution in [0.2, 0.25) is 0 Å². The number of hydrogen-bond donors (Lipinski definition) is 2. The molecule has 0 aliphatic heterocycles. The first kappa shape index (κ1) is 23.3. The minimum atomic E-state index is 0.0404. The Kier molecular flexibility index (Phi) is 8.27.